The van der Waals surface area contributed by atoms with Crippen LogP contribution in [0, 0.1) is 6.92 Å². The van der Waals surface area contributed by atoms with E-state index in [4.69, 9.17) is 4.74 Å². The van der Waals surface area contributed by atoms with Crippen LogP contribution in [0.5, 0.6) is 11.6 Å². The van der Waals surface area contributed by atoms with E-state index < -0.39 is 0 Å². The minimum atomic E-state index is 0.325. The van der Waals surface area contributed by atoms with Gasteiger partial charge in [-0.1, -0.05) is 0 Å². The fourth-order valence-electron chi connectivity index (χ4n) is 2.19. The number of rotatable bonds is 6. The predicted octanol–water partition coefficient (Wildman–Crippen LogP) is 3.21. The Bertz CT molecular complexity index is 616. The number of nitrogens with zero attached hydrogens (tertiary/aromatic N) is 3. The molecule has 0 unspecified atom stereocenters. The Morgan fingerprint density at radius 1 is 1.38 bits per heavy atom. The number of aromatic nitrogens is 3. The summed E-state index contributed by atoms with van der Waals surface area (Å²) in [7, 11) is 0. The predicted molar refractivity (Wildman–Crippen MR) is 81.5 cm³/mol. The highest BCUT2D eigenvalue weighted by molar-refractivity contribution is 5.28. The van der Waals surface area contributed by atoms with Gasteiger partial charge in [-0.15, -0.1) is 0 Å². The smallest absolute Gasteiger partial charge is 0.219 e. The van der Waals surface area contributed by atoms with E-state index in [-0.39, 0.29) is 0 Å². The summed E-state index contributed by atoms with van der Waals surface area (Å²) in [5.41, 5.74) is 2.18. The second-order valence-electron chi connectivity index (χ2n) is 5.96. The van der Waals surface area contributed by atoms with Crippen LogP contribution in [-0.4, -0.2) is 20.8 Å². The number of nitrogens with one attached hydrogen (secondary N) is 1. The summed E-state index contributed by atoms with van der Waals surface area (Å²) in [6.45, 7) is 7.04. The van der Waals surface area contributed by atoms with Crippen molar-refractivity contribution in [3.05, 3.63) is 35.8 Å². The first kappa shape index (κ1) is 14.1. The molecular formula is C16H22N4O. The summed E-state index contributed by atoms with van der Waals surface area (Å²) in [5.74, 6) is 1.36. The molecule has 5 nitrogen and oxygen atoms in total. The third-order valence-corrected chi connectivity index (χ3v) is 3.49. The van der Waals surface area contributed by atoms with Crippen LogP contribution in [-0.2, 0) is 6.54 Å². The van der Waals surface area contributed by atoms with E-state index in [0.29, 0.717) is 18.0 Å². The lowest BCUT2D eigenvalue weighted by molar-refractivity contribution is 0.456. The Balaban J connectivity index is 1.70. The largest absolute Gasteiger partial charge is 0.436 e. The number of hydrogen-bond acceptors (Lipinski definition) is 4. The third kappa shape index (κ3) is 3.82. The van der Waals surface area contributed by atoms with E-state index in [1.807, 2.05) is 23.9 Å². The number of hydrogen-bond donors (Lipinski definition) is 1. The molecule has 21 heavy (non-hydrogen) atoms. The molecule has 1 aliphatic carbocycles. The molecule has 0 amide bonds. The van der Waals surface area contributed by atoms with Gasteiger partial charge in [-0.2, -0.15) is 5.10 Å². The molecule has 112 valence electrons. The van der Waals surface area contributed by atoms with Crippen molar-refractivity contribution < 1.29 is 4.74 Å². The summed E-state index contributed by atoms with van der Waals surface area (Å²) in [6, 6.07) is 5.12. The van der Waals surface area contributed by atoms with Gasteiger partial charge >= 0.3 is 0 Å². The van der Waals surface area contributed by atoms with Crippen LogP contribution in [0.2, 0.25) is 0 Å². The lowest BCUT2D eigenvalue weighted by Gasteiger charge is -2.08. The van der Waals surface area contributed by atoms with Crippen molar-refractivity contribution in [2.45, 2.75) is 52.2 Å². The highest BCUT2D eigenvalue weighted by Gasteiger charge is 2.20. The molecule has 0 aromatic carbocycles. The van der Waals surface area contributed by atoms with Gasteiger partial charge < -0.3 is 10.1 Å². The van der Waals surface area contributed by atoms with Gasteiger partial charge in [0.05, 0.1) is 12.4 Å². The molecule has 0 saturated heterocycles. The van der Waals surface area contributed by atoms with E-state index in [0.717, 1.165) is 18.0 Å². The quantitative estimate of drug-likeness (QED) is 0.886. The van der Waals surface area contributed by atoms with E-state index in [1.165, 1.54) is 18.4 Å². The zero-order chi connectivity index (χ0) is 14.8. The van der Waals surface area contributed by atoms with Gasteiger partial charge in [0, 0.05) is 30.4 Å². The summed E-state index contributed by atoms with van der Waals surface area (Å²) >= 11 is 0. The fourth-order valence-corrected chi connectivity index (χ4v) is 2.19. The first-order chi connectivity index (χ1) is 10.1. The zero-order valence-electron chi connectivity index (χ0n) is 12.8. The molecule has 1 saturated carbocycles. The summed E-state index contributed by atoms with van der Waals surface area (Å²) in [5, 5.41) is 7.79. The highest BCUT2D eigenvalue weighted by atomic mass is 16.5. The minimum absolute atomic E-state index is 0.325. The van der Waals surface area contributed by atoms with Gasteiger partial charge in [0.2, 0.25) is 5.88 Å². The lowest BCUT2D eigenvalue weighted by atomic mass is 10.2. The van der Waals surface area contributed by atoms with Gasteiger partial charge in [-0.05, 0) is 45.2 Å². The van der Waals surface area contributed by atoms with Crippen molar-refractivity contribution in [3.63, 3.8) is 0 Å². The van der Waals surface area contributed by atoms with Crippen molar-refractivity contribution >= 4 is 0 Å². The Morgan fingerprint density at radius 3 is 2.86 bits per heavy atom. The van der Waals surface area contributed by atoms with Gasteiger partial charge in [-0.3, -0.25) is 4.68 Å². The minimum Gasteiger partial charge on any atom is -0.436 e. The molecule has 1 fully saturated rings. The van der Waals surface area contributed by atoms with Crippen molar-refractivity contribution in [1.29, 1.82) is 0 Å². The van der Waals surface area contributed by atoms with Gasteiger partial charge in [-0.25, -0.2) is 4.98 Å². The van der Waals surface area contributed by atoms with E-state index >= 15 is 0 Å². The molecule has 0 spiro atoms. The maximum Gasteiger partial charge on any atom is 0.219 e. The second-order valence-corrected chi connectivity index (χ2v) is 5.96. The van der Waals surface area contributed by atoms with Crippen LogP contribution in [0.25, 0.3) is 0 Å². The summed E-state index contributed by atoms with van der Waals surface area (Å²) in [6.07, 6.45) is 6.21. The van der Waals surface area contributed by atoms with Crippen molar-refractivity contribution in [1.82, 2.24) is 20.1 Å². The zero-order valence-corrected chi connectivity index (χ0v) is 12.8. The summed E-state index contributed by atoms with van der Waals surface area (Å²) in [4.78, 5) is 4.44. The Labute approximate surface area is 125 Å². The van der Waals surface area contributed by atoms with Gasteiger partial charge in [0.25, 0.3) is 0 Å². The molecule has 0 bridgehead atoms. The normalized spacial score (nSPS) is 14.7. The molecule has 1 N–H and O–H groups in total. The fraction of sp³-hybridized carbons (Fsp3) is 0.500. The van der Waals surface area contributed by atoms with Crippen LogP contribution in [0.3, 0.4) is 0 Å². The molecule has 0 atom stereocenters. The topological polar surface area (TPSA) is 52.0 Å². The molecule has 2 heterocycles. The molecule has 0 aliphatic heterocycles. The standard InChI is InChI=1S/C16H22N4O/c1-11(2)20-10-15(9-18-20)21-16-7-13(6-12(3)19-16)8-17-14-4-5-14/h6-7,9-11,14,17H,4-5,8H2,1-3H3. The molecule has 3 rings (SSSR count). The maximum absolute atomic E-state index is 5.83. The average molecular weight is 286 g/mol. The van der Waals surface area contributed by atoms with Crippen molar-refractivity contribution in [2.24, 2.45) is 0 Å². The first-order valence-electron chi connectivity index (χ1n) is 7.53. The summed E-state index contributed by atoms with van der Waals surface area (Å²) < 4.78 is 7.71. The monoisotopic (exact) mass is 286 g/mol. The molecular weight excluding hydrogens is 264 g/mol. The third-order valence-electron chi connectivity index (χ3n) is 3.49. The molecule has 5 heteroatoms. The molecule has 1 aliphatic rings. The van der Waals surface area contributed by atoms with Gasteiger partial charge in [0.1, 0.15) is 0 Å². The van der Waals surface area contributed by atoms with E-state index in [2.05, 4.69) is 35.3 Å². The Kier molecular flexibility index (Phi) is 3.92. The van der Waals surface area contributed by atoms with Crippen LogP contribution in [0.15, 0.2) is 24.5 Å². The van der Waals surface area contributed by atoms with E-state index in [9.17, 15) is 0 Å². The van der Waals surface area contributed by atoms with Crippen LogP contribution >= 0.6 is 0 Å². The number of pyridine rings is 1. The average Bonchev–Trinajstić information content (AvgIpc) is 3.14. The SMILES string of the molecule is Cc1cc(CNC2CC2)cc(Oc2cnn(C(C)C)c2)n1. The van der Waals surface area contributed by atoms with Crippen molar-refractivity contribution in [2.75, 3.05) is 0 Å². The molecule has 2 aromatic heterocycles. The number of ether oxygens (including phenoxy) is 1. The van der Waals surface area contributed by atoms with Crippen LogP contribution in [0.1, 0.15) is 44.0 Å². The highest BCUT2D eigenvalue weighted by Crippen LogP contribution is 2.23. The van der Waals surface area contributed by atoms with E-state index in [1.54, 1.807) is 6.20 Å². The lowest BCUT2D eigenvalue weighted by Crippen LogP contribution is -2.15. The molecule has 0 radical (unpaired) electrons. The Morgan fingerprint density at radius 2 is 2.19 bits per heavy atom. The van der Waals surface area contributed by atoms with Crippen molar-refractivity contribution in [3.8, 4) is 11.6 Å². The maximum atomic E-state index is 5.83. The molecule has 2 aromatic rings. The van der Waals surface area contributed by atoms with Crippen LogP contribution < -0.4 is 10.1 Å². The Hall–Kier alpha value is -1.88. The van der Waals surface area contributed by atoms with Crippen LogP contribution in [0.4, 0.5) is 0 Å². The second kappa shape index (κ2) is 5.85. The number of aryl methyl sites for hydroxylation is 1. The van der Waals surface area contributed by atoms with Gasteiger partial charge in [0.15, 0.2) is 5.75 Å². The first-order valence-corrected chi connectivity index (χ1v) is 7.53.